The van der Waals surface area contributed by atoms with Crippen molar-refractivity contribution in [2.45, 2.75) is 0 Å². The highest BCUT2D eigenvalue weighted by molar-refractivity contribution is 5.95. The van der Waals surface area contributed by atoms with E-state index in [2.05, 4.69) is 40.6 Å². The summed E-state index contributed by atoms with van der Waals surface area (Å²) >= 11 is 0. The molecule has 0 saturated heterocycles. The van der Waals surface area contributed by atoms with Crippen LogP contribution in [0.15, 0.2) is 79.0 Å². The summed E-state index contributed by atoms with van der Waals surface area (Å²) < 4.78 is 16.3. The average molecular weight is 400 g/mol. The lowest BCUT2D eigenvalue weighted by atomic mass is 10.0. The summed E-state index contributed by atoms with van der Waals surface area (Å²) in [5.74, 6) is 1.44. The second-order valence-corrected chi connectivity index (χ2v) is 6.78. The first kappa shape index (κ1) is 19.7. The Bertz CT molecular complexity index is 1130. The van der Waals surface area contributed by atoms with E-state index in [1.54, 1.807) is 14.2 Å². The molecule has 4 rings (SSSR count). The summed E-state index contributed by atoms with van der Waals surface area (Å²) in [7, 11) is 3.30. The van der Waals surface area contributed by atoms with E-state index in [9.17, 15) is 0 Å². The van der Waals surface area contributed by atoms with Gasteiger partial charge in [-0.25, -0.2) is 0 Å². The summed E-state index contributed by atoms with van der Waals surface area (Å²) in [5, 5.41) is 4.52. The molecule has 1 heterocycles. The summed E-state index contributed by atoms with van der Waals surface area (Å²) in [6.45, 7) is 1.03. The number of hydrogen-bond acceptors (Lipinski definition) is 5. The minimum Gasteiger partial charge on any atom is -0.494 e. The molecule has 3 aromatic carbocycles. The number of hydrogen-bond donors (Lipinski definition) is 1. The Balaban J connectivity index is 1.62. The highest BCUT2D eigenvalue weighted by atomic mass is 16.5. The molecule has 152 valence electrons. The predicted molar refractivity (Wildman–Crippen MR) is 121 cm³/mol. The first-order valence-corrected chi connectivity index (χ1v) is 9.79. The van der Waals surface area contributed by atoms with Crippen molar-refractivity contribution in [1.29, 1.82) is 0 Å². The molecule has 1 N–H and O–H groups in total. The standard InChI is InChI=1S/C25H24N2O3/c1-28-14-15-30-20-9-11-23(25(17-20)29-2)27-22-12-13-26-24-16-19(8-10-21(22)24)18-6-4-3-5-7-18/h3-13,16-17H,14-15H2,1-2H3,(H,26,27). The number of rotatable bonds is 8. The maximum Gasteiger partial charge on any atom is 0.145 e. The summed E-state index contributed by atoms with van der Waals surface area (Å²) in [5.41, 5.74) is 5.07. The fourth-order valence-corrected chi connectivity index (χ4v) is 3.32. The van der Waals surface area contributed by atoms with E-state index in [1.165, 1.54) is 5.56 Å². The molecular formula is C25H24N2O3. The molecule has 0 spiro atoms. The molecule has 5 nitrogen and oxygen atoms in total. The van der Waals surface area contributed by atoms with Gasteiger partial charge in [0.15, 0.2) is 0 Å². The topological polar surface area (TPSA) is 52.6 Å². The van der Waals surface area contributed by atoms with Crippen LogP contribution in [0.2, 0.25) is 0 Å². The van der Waals surface area contributed by atoms with Gasteiger partial charge < -0.3 is 19.5 Å². The van der Waals surface area contributed by atoms with Crippen LogP contribution in [0.4, 0.5) is 11.4 Å². The number of fused-ring (bicyclic) bond motifs is 1. The van der Waals surface area contributed by atoms with Crippen LogP contribution >= 0.6 is 0 Å². The smallest absolute Gasteiger partial charge is 0.145 e. The van der Waals surface area contributed by atoms with Crippen molar-refractivity contribution in [3.8, 4) is 22.6 Å². The first-order chi connectivity index (χ1) is 14.8. The number of anilines is 2. The van der Waals surface area contributed by atoms with Crippen LogP contribution < -0.4 is 14.8 Å². The van der Waals surface area contributed by atoms with Crippen molar-refractivity contribution in [3.63, 3.8) is 0 Å². The summed E-state index contributed by atoms with van der Waals surface area (Å²) in [6, 6.07) is 24.3. The molecule has 0 aliphatic carbocycles. The van der Waals surface area contributed by atoms with Crippen LogP contribution in [-0.4, -0.2) is 32.4 Å². The third-order valence-electron chi connectivity index (χ3n) is 4.85. The van der Waals surface area contributed by atoms with Gasteiger partial charge in [-0.1, -0.05) is 42.5 Å². The van der Waals surface area contributed by atoms with Crippen LogP contribution in [0.5, 0.6) is 11.5 Å². The van der Waals surface area contributed by atoms with E-state index in [1.807, 2.05) is 48.7 Å². The average Bonchev–Trinajstić information content (AvgIpc) is 2.80. The maximum atomic E-state index is 5.68. The maximum absolute atomic E-state index is 5.68. The van der Waals surface area contributed by atoms with Crippen LogP contribution in [0.3, 0.4) is 0 Å². The van der Waals surface area contributed by atoms with Crippen LogP contribution in [-0.2, 0) is 4.74 Å². The highest BCUT2D eigenvalue weighted by Gasteiger charge is 2.09. The molecule has 30 heavy (non-hydrogen) atoms. The molecule has 0 unspecified atom stereocenters. The quantitative estimate of drug-likeness (QED) is 0.386. The Labute approximate surface area is 176 Å². The van der Waals surface area contributed by atoms with E-state index in [0.29, 0.717) is 19.0 Å². The minimum atomic E-state index is 0.491. The van der Waals surface area contributed by atoms with E-state index < -0.39 is 0 Å². The monoisotopic (exact) mass is 400 g/mol. The lowest BCUT2D eigenvalue weighted by Crippen LogP contribution is -2.04. The summed E-state index contributed by atoms with van der Waals surface area (Å²) in [6.07, 6.45) is 1.81. The number of benzene rings is 3. The van der Waals surface area contributed by atoms with Gasteiger partial charge in [0.25, 0.3) is 0 Å². The van der Waals surface area contributed by atoms with E-state index in [0.717, 1.165) is 33.6 Å². The van der Waals surface area contributed by atoms with E-state index >= 15 is 0 Å². The Hall–Kier alpha value is -3.57. The number of aromatic nitrogens is 1. The first-order valence-electron chi connectivity index (χ1n) is 9.79. The molecule has 0 amide bonds. The van der Waals surface area contributed by atoms with Crippen LogP contribution in [0.25, 0.3) is 22.0 Å². The zero-order chi connectivity index (χ0) is 20.8. The second-order valence-electron chi connectivity index (χ2n) is 6.78. The fourth-order valence-electron chi connectivity index (χ4n) is 3.32. The van der Waals surface area contributed by atoms with Crippen molar-refractivity contribution in [3.05, 3.63) is 79.0 Å². The third-order valence-corrected chi connectivity index (χ3v) is 4.85. The number of pyridine rings is 1. The lowest BCUT2D eigenvalue weighted by molar-refractivity contribution is 0.146. The van der Waals surface area contributed by atoms with Gasteiger partial charge in [-0.15, -0.1) is 0 Å². The van der Waals surface area contributed by atoms with E-state index in [-0.39, 0.29) is 0 Å². The second kappa shape index (κ2) is 9.29. The largest absolute Gasteiger partial charge is 0.494 e. The Morgan fingerprint density at radius 1 is 0.800 bits per heavy atom. The predicted octanol–water partition coefficient (Wildman–Crippen LogP) is 5.68. The number of methoxy groups -OCH3 is 2. The van der Waals surface area contributed by atoms with Gasteiger partial charge in [0.1, 0.15) is 18.1 Å². The van der Waals surface area contributed by atoms with Gasteiger partial charge in [0.2, 0.25) is 0 Å². The molecule has 0 radical (unpaired) electrons. The molecule has 5 heteroatoms. The normalized spacial score (nSPS) is 10.7. The molecule has 0 fully saturated rings. The van der Waals surface area contributed by atoms with Gasteiger partial charge in [0, 0.05) is 30.4 Å². The van der Waals surface area contributed by atoms with Crippen LogP contribution in [0.1, 0.15) is 0 Å². The molecule has 0 bridgehead atoms. The summed E-state index contributed by atoms with van der Waals surface area (Å²) in [4.78, 5) is 4.57. The van der Waals surface area contributed by atoms with Crippen molar-refractivity contribution < 1.29 is 14.2 Å². The molecular weight excluding hydrogens is 376 g/mol. The van der Waals surface area contributed by atoms with Gasteiger partial charge in [-0.2, -0.15) is 0 Å². The number of nitrogens with zero attached hydrogens (tertiary/aromatic N) is 1. The molecule has 0 aliphatic rings. The Kier molecular flexibility index (Phi) is 6.11. The molecule has 0 aliphatic heterocycles. The van der Waals surface area contributed by atoms with Crippen molar-refractivity contribution in [2.75, 3.05) is 32.8 Å². The van der Waals surface area contributed by atoms with E-state index in [4.69, 9.17) is 14.2 Å². The molecule has 0 saturated carbocycles. The third kappa shape index (κ3) is 4.36. The van der Waals surface area contributed by atoms with Crippen LogP contribution in [0, 0.1) is 0 Å². The minimum absolute atomic E-state index is 0.491. The Morgan fingerprint density at radius 3 is 2.47 bits per heavy atom. The van der Waals surface area contributed by atoms with Gasteiger partial charge in [0.05, 0.1) is 24.9 Å². The Morgan fingerprint density at radius 2 is 1.67 bits per heavy atom. The van der Waals surface area contributed by atoms with Gasteiger partial charge in [-0.3, -0.25) is 4.98 Å². The number of ether oxygens (including phenoxy) is 3. The van der Waals surface area contributed by atoms with Gasteiger partial charge >= 0.3 is 0 Å². The molecule has 1 aromatic heterocycles. The van der Waals surface area contributed by atoms with Crippen molar-refractivity contribution >= 4 is 22.3 Å². The fraction of sp³-hybridized carbons (Fsp3) is 0.160. The SMILES string of the molecule is COCCOc1ccc(Nc2ccnc3cc(-c4ccccc4)ccc23)c(OC)c1. The molecule has 0 atom stereocenters. The van der Waals surface area contributed by atoms with Crippen molar-refractivity contribution in [1.82, 2.24) is 4.98 Å². The number of nitrogens with one attached hydrogen (secondary N) is 1. The zero-order valence-corrected chi connectivity index (χ0v) is 17.1. The van der Waals surface area contributed by atoms with Gasteiger partial charge in [-0.05, 0) is 35.4 Å². The zero-order valence-electron chi connectivity index (χ0n) is 17.1. The highest BCUT2D eigenvalue weighted by Crippen LogP contribution is 2.34. The van der Waals surface area contributed by atoms with Crippen molar-refractivity contribution in [2.24, 2.45) is 0 Å². The lowest BCUT2D eigenvalue weighted by Gasteiger charge is -2.15. The molecule has 4 aromatic rings.